The van der Waals surface area contributed by atoms with Crippen molar-refractivity contribution in [3.63, 3.8) is 0 Å². The van der Waals surface area contributed by atoms with Crippen molar-refractivity contribution in [3.8, 4) is 0 Å². The Morgan fingerprint density at radius 2 is 1.61 bits per heavy atom. The summed E-state index contributed by atoms with van der Waals surface area (Å²) in [7, 11) is 0. The number of Topliss-reactive ketones (excluding diaryl/α,β-unsaturated/α-hetero) is 1. The Labute approximate surface area is 194 Å². The highest BCUT2D eigenvalue weighted by molar-refractivity contribution is 8.00. The molecule has 1 amide bonds. The number of amides is 1. The van der Waals surface area contributed by atoms with Gasteiger partial charge in [0, 0.05) is 24.5 Å². The van der Waals surface area contributed by atoms with Crippen LogP contribution < -0.4 is 5.32 Å². The fraction of sp³-hybridized carbons (Fsp3) is 0.625. The number of benzene rings is 1. The van der Waals surface area contributed by atoms with Crippen molar-refractivity contribution in [2.24, 2.45) is 17.8 Å². The van der Waals surface area contributed by atoms with E-state index in [1.165, 1.54) is 0 Å². The fourth-order valence-corrected chi connectivity index (χ4v) is 5.43. The third kappa shape index (κ3) is 9.69. The van der Waals surface area contributed by atoms with E-state index in [9.17, 15) is 9.59 Å². The summed E-state index contributed by atoms with van der Waals surface area (Å²) in [5.41, 5.74) is 1.34. The van der Waals surface area contributed by atoms with E-state index in [1.807, 2.05) is 47.8 Å². The minimum atomic E-state index is -0.0874. The van der Waals surface area contributed by atoms with Gasteiger partial charge in [-0.1, -0.05) is 39.8 Å². The van der Waals surface area contributed by atoms with Crippen LogP contribution in [0.1, 0.15) is 57.6 Å². The molecule has 0 saturated heterocycles. The van der Waals surface area contributed by atoms with Gasteiger partial charge in [0.05, 0.1) is 5.92 Å². The molecular formula is C24H36N2O3S2. The molecule has 5 nitrogen and oxygen atoms in total. The van der Waals surface area contributed by atoms with Gasteiger partial charge in [0.15, 0.2) is 5.58 Å². The van der Waals surface area contributed by atoms with Crippen LogP contribution in [0.5, 0.6) is 0 Å². The number of nitrogens with one attached hydrogen (secondary N) is 1. The van der Waals surface area contributed by atoms with Crippen LogP contribution in [0.2, 0.25) is 0 Å². The number of carbonyl (C=O) groups excluding carboxylic acids is 2. The Hall–Kier alpha value is -1.47. The molecule has 0 radical (unpaired) electrons. The van der Waals surface area contributed by atoms with Crippen LogP contribution in [0.3, 0.4) is 0 Å². The van der Waals surface area contributed by atoms with Crippen LogP contribution in [-0.4, -0.2) is 46.2 Å². The standard InChI is InChI=1S/C24H36N2O3S2/c1-17(2)13-30-15-19(16-31-14-18(3)4)23(28)25-12-8-7-10-21(27)24-26-20-9-5-6-11-22(20)29-24/h5-6,9,11,17-19H,7-8,10,12-16H2,1-4H3,(H,25,28). The van der Waals surface area contributed by atoms with Crippen LogP contribution in [0.25, 0.3) is 11.1 Å². The molecule has 2 aromatic rings. The average molecular weight is 465 g/mol. The van der Waals surface area contributed by atoms with Crippen molar-refractivity contribution in [1.29, 1.82) is 0 Å². The lowest BCUT2D eigenvalue weighted by Gasteiger charge is -2.17. The zero-order valence-corrected chi connectivity index (χ0v) is 20.8. The summed E-state index contributed by atoms with van der Waals surface area (Å²) < 4.78 is 5.53. The summed E-state index contributed by atoms with van der Waals surface area (Å²) in [4.78, 5) is 29.3. The third-order valence-electron chi connectivity index (χ3n) is 4.57. The van der Waals surface area contributed by atoms with E-state index in [4.69, 9.17) is 4.42 Å². The number of nitrogens with zero attached hydrogens (tertiary/aromatic N) is 1. The third-order valence-corrected chi connectivity index (χ3v) is 7.65. The van der Waals surface area contributed by atoms with Gasteiger partial charge in [0.1, 0.15) is 5.52 Å². The molecule has 0 fully saturated rings. The van der Waals surface area contributed by atoms with E-state index in [0.717, 1.165) is 29.4 Å². The number of ketones is 1. The minimum absolute atomic E-state index is 0.0360. The molecule has 172 valence electrons. The zero-order chi connectivity index (χ0) is 22.6. The second kappa shape index (κ2) is 13.8. The lowest BCUT2D eigenvalue weighted by Crippen LogP contribution is -2.34. The number of fused-ring (bicyclic) bond motifs is 1. The summed E-state index contributed by atoms with van der Waals surface area (Å²) in [6, 6.07) is 7.38. The molecule has 0 atom stereocenters. The van der Waals surface area contributed by atoms with Gasteiger partial charge >= 0.3 is 0 Å². The SMILES string of the molecule is CC(C)CSCC(CSCC(C)C)C(=O)NCCCCC(=O)c1nc2ccccc2o1. The van der Waals surface area contributed by atoms with Gasteiger partial charge in [-0.15, -0.1) is 0 Å². The predicted octanol–water partition coefficient (Wildman–Crippen LogP) is 5.69. The van der Waals surface area contributed by atoms with Crippen molar-refractivity contribution >= 4 is 46.3 Å². The molecule has 0 unspecified atom stereocenters. The van der Waals surface area contributed by atoms with Gasteiger partial charge in [-0.2, -0.15) is 23.5 Å². The number of hydrogen-bond donors (Lipinski definition) is 1. The molecule has 31 heavy (non-hydrogen) atoms. The predicted molar refractivity (Wildman–Crippen MR) is 133 cm³/mol. The summed E-state index contributed by atoms with van der Waals surface area (Å²) in [6.07, 6.45) is 1.84. The van der Waals surface area contributed by atoms with Gasteiger partial charge < -0.3 is 9.73 Å². The number of aromatic nitrogens is 1. The van der Waals surface area contributed by atoms with Crippen molar-refractivity contribution in [1.82, 2.24) is 10.3 Å². The number of oxazole rings is 1. The Kier molecular flexibility index (Phi) is 11.5. The molecule has 1 aromatic heterocycles. The topological polar surface area (TPSA) is 72.2 Å². The Morgan fingerprint density at radius 1 is 0.968 bits per heavy atom. The summed E-state index contributed by atoms with van der Waals surface area (Å²) in [5.74, 6) is 5.42. The molecular weight excluding hydrogens is 428 g/mol. The highest BCUT2D eigenvalue weighted by Crippen LogP contribution is 2.19. The lowest BCUT2D eigenvalue weighted by molar-refractivity contribution is -0.123. The first-order valence-corrected chi connectivity index (χ1v) is 13.5. The van der Waals surface area contributed by atoms with Gasteiger partial charge in [0.2, 0.25) is 11.7 Å². The molecule has 2 rings (SSSR count). The minimum Gasteiger partial charge on any atom is -0.434 e. The van der Waals surface area contributed by atoms with Gasteiger partial charge in [-0.3, -0.25) is 9.59 Å². The second-order valence-corrected chi connectivity index (χ2v) is 10.9. The van der Waals surface area contributed by atoms with E-state index in [1.54, 1.807) is 0 Å². The maximum atomic E-state index is 12.7. The first-order chi connectivity index (χ1) is 14.9. The number of unbranched alkanes of at least 4 members (excludes halogenated alkanes) is 1. The monoisotopic (exact) mass is 464 g/mol. The largest absolute Gasteiger partial charge is 0.434 e. The number of rotatable bonds is 15. The van der Waals surface area contributed by atoms with Gasteiger partial charge in [-0.25, -0.2) is 4.98 Å². The van der Waals surface area contributed by atoms with Crippen LogP contribution in [0.15, 0.2) is 28.7 Å². The molecule has 0 aliphatic heterocycles. The molecule has 0 aliphatic carbocycles. The van der Waals surface area contributed by atoms with Crippen LogP contribution in [0, 0.1) is 17.8 Å². The van der Waals surface area contributed by atoms with E-state index < -0.39 is 0 Å². The highest BCUT2D eigenvalue weighted by atomic mass is 32.2. The first-order valence-electron chi connectivity index (χ1n) is 11.2. The number of hydrogen-bond acceptors (Lipinski definition) is 6. The number of thioether (sulfide) groups is 2. The molecule has 0 spiro atoms. The average Bonchev–Trinajstić information content (AvgIpc) is 3.16. The van der Waals surface area contributed by atoms with Gasteiger partial charge in [-0.05, 0) is 48.3 Å². The van der Waals surface area contributed by atoms with Crippen LogP contribution in [0.4, 0.5) is 0 Å². The van der Waals surface area contributed by atoms with Crippen LogP contribution >= 0.6 is 23.5 Å². The smallest absolute Gasteiger partial charge is 0.264 e. The van der Waals surface area contributed by atoms with E-state index >= 15 is 0 Å². The quantitative estimate of drug-likeness (QED) is 0.270. The Morgan fingerprint density at radius 3 is 2.23 bits per heavy atom. The molecule has 0 aliphatic rings. The Bertz CT molecular complexity index is 773. The van der Waals surface area contributed by atoms with Crippen molar-refractivity contribution in [2.75, 3.05) is 29.6 Å². The lowest BCUT2D eigenvalue weighted by atomic mass is 10.1. The zero-order valence-electron chi connectivity index (χ0n) is 19.2. The van der Waals surface area contributed by atoms with Crippen molar-refractivity contribution in [2.45, 2.75) is 47.0 Å². The second-order valence-electron chi connectivity index (χ2n) is 8.72. The molecule has 0 bridgehead atoms. The van der Waals surface area contributed by atoms with E-state index in [0.29, 0.717) is 42.3 Å². The molecule has 7 heteroatoms. The number of para-hydroxylation sites is 2. The Balaban J connectivity index is 1.70. The molecule has 1 N–H and O–H groups in total. The van der Waals surface area contributed by atoms with Crippen LogP contribution in [-0.2, 0) is 4.79 Å². The summed E-state index contributed by atoms with van der Waals surface area (Å²) in [6.45, 7) is 9.42. The van der Waals surface area contributed by atoms with Crippen molar-refractivity contribution < 1.29 is 14.0 Å². The summed E-state index contributed by atoms with van der Waals surface area (Å²) in [5, 5.41) is 3.08. The highest BCUT2D eigenvalue weighted by Gasteiger charge is 2.19. The van der Waals surface area contributed by atoms with E-state index in [-0.39, 0.29) is 23.5 Å². The molecule has 1 aromatic carbocycles. The maximum absolute atomic E-state index is 12.7. The van der Waals surface area contributed by atoms with Gasteiger partial charge in [0.25, 0.3) is 5.89 Å². The number of carbonyl (C=O) groups is 2. The maximum Gasteiger partial charge on any atom is 0.264 e. The van der Waals surface area contributed by atoms with Crippen molar-refractivity contribution in [3.05, 3.63) is 30.2 Å². The molecule has 1 heterocycles. The molecule has 0 saturated carbocycles. The van der Waals surface area contributed by atoms with E-state index in [2.05, 4.69) is 38.0 Å². The summed E-state index contributed by atoms with van der Waals surface area (Å²) >= 11 is 3.73. The fourth-order valence-electron chi connectivity index (χ4n) is 2.96. The first kappa shape index (κ1) is 25.8. The normalized spacial score (nSPS) is 11.7.